The Balaban J connectivity index is 1.83. The summed E-state index contributed by atoms with van der Waals surface area (Å²) >= 11 is 0. The van der Waals surface area contributed by atoms with Gasteiger partial charge in [-0.05, 0) is 39.3 Å². The molecule has 0 saturated carbocycles. The fourth-order valence-corrected chi connectivity index (χ4v) is 2.58. The van der Waals surface area contributed by atoms with E-state index in [4.69, 9.17) is 4.52 Å². The number of hydrogen-bond acceptors (Lipinski definition) is 4. The molecule has 0 amide bonds. The van der Waals surface area contributed by atoms with Gasteiger partial charge >= 0.3 is 0 Å². The summed E-state index contributed by atoms with van der Waals surface area (Å²) in [6.45, 7) is 12.9. The van der Waals surface area contributed by atoms with Crippen LogP contribution in [0.5, 0.6) is 0 Å². The molecular formula is C14H25N3O. The molecule has 1 aliphatic rings. The van der Waals surface area contributed by atoms with E-state index in [1.165, 1.54) is 25.1 Å². The predicted octanol–water partition coefficient (Wildman–Crippen LogP) is 2.11. The third-order valence-corrected chi connectivity index (χ3v) is 3.75. The van der Waals surface area contributed by atoms with Gasteiger partial charge in [-0.2, -0.15) is 0 Å². The van der Waals surface area contributed by atoms with Gasteiger partial charge in [0.25, 0.3) is 0 Å². The van der Waals surface area contributed by atoms with E-state index in [1.54, 1.807) is 0 Å². The molecule has 1 saturated heterocycles. The Kier molecular flexibility index (Phi) is 4.40. The number of aromatic nitrogens is 1. The lowest BCUT2D eigenvalue weighted by molar-refractivity contribution is 0.309. The fourth-order valence-electron chi connectivity index (χ4n) is 2.58. The molecule has 1 fully saturated rings. The molecule has 1 aliphatic heterocycles. The topological polar surface area (TPSA) is 41.3 Å². The highest BCUT2D eigenvalue weighted by molar-refractivity contribution is 5.20. The maximum atomic E-state index is 5.22. The Morgan fingerprint density at radius 1 is 1.44 bits per heavy atom. The highest BCUT2D eigenvalue weighted by atomic mass is 16.5. The van der Waals surface area contributed by atoms with Crippen molar-refractivity contribution >= 4 is 0 Å². The van der Waals surface area contributed by atoms with Crippen LogP contribution >= 0.6 is 0 Å². The van der Waals surface area contributed by atoms with Gasteiger partial charge in [0.15, 0.2) is 0 Å². The van der Waals surface area contributed by atoms with Crippen LogP contribution in [0.2, 0.25) is 0 Å². The molecule has 1 atom stereocenters. The molecule has 2 rings (SSSR count). The molecule has 4 heteroatoms. The zero-order chi connectivity index (χ0) is 13.1. The van der Waals surface area contributed by atoms with Crippen molar-refractivity contribution in [1.29, 1.82) is 0 Å². The highest BCUT2D eigenvalue weighted by Crippen LogP contribution is 2.21. The number of hydrogen-bond donors (Lipinski definition) is 1. The number of rotatable bonds is 5. The van der Waals surface area contributed by atoms with Gasteiger partial charge in [-0.1, -0.05) is 19.0 Å². The van der Waals surface area contributed by atoms with Crippen LogP contribution in [0, 0.1) is 19.8 Å². The van der Waals surface area contributed by atoms with E-state index in [-0.39, 0.29) is 0 Å². The number of likely N-dealkylation sites (tertiary alicyclic amines) is 1. The van der Waals surface area contributed by atoms with E-state index >= 15 is 0 Å². The van der Waals surface area contributed by atoms with E-state index < -0.39 is 0 Å². The normalized spacial score (nSPS) is 21.1. The Morgan fingerprint density at radius 3 is 2.83 bits per heavy atom. The van der Waals surface area contributed by atoms with E-state index in [2.05, 4.69) is 29.2 Å². The van der Waals surface area contributed by atoms with Gasteiger partial charge in [0.05, 0.1) is 5.69 Å². The molecule has 1 aromatic rings. The lowest BCUT2D eigenvalue weighted by Crippen LogP contribution is -2.30. The molecule has 102 valence electrons. The Labute approximate surface area is 110 Å². The van der Waals surface area contributed by atoms with Crippen molar-refractivity contribution in [1.82, 2.24) is 15.4 Å². The minimum atomic E-state index is 0.585. The molecule has 1 N–H and O–H groups in total. The second kappa shape index (κ2) is 5.85. The van der Waals surface area contributed by atoms with E-state index in [1.807, 2.05) is 13.8 Å². The Morgan fingerprint density at radius 2 is 2.22 bits per heavy atom. The molecule has 18 heavy (non-hydrogen) atoms. The zero-order valence-corrected chi connectivity index (χ0v) is 12.0. The molecule has 0 radical (unpaired) electrons. The third kappa shape index (κ3) is 3.33. The van der Waals surface area contributed by atoms with Crippen molar-refractivity contribution in [2.75, 3.05) is 19.6 Å². The van der Waals surface area contributed by atoms with Crippen LogP contribution in [0.4, 0.5) is 0 Å². The first-order chi connectivity index (χ1) is 8.56. The van der Waals surface area contributed by atoms with Crippen LogP contribution in [-0.2, 0) is 6.54 Å². The molecule has 0 bridgehead atoms. The predicted molar refractivity (Wildman–Crippen MR) is 72.5 cm³/mol. The summed E-state index contributed by atoms with van der Waals surface area (Å²) in [5.41, 5.74) is 2.31. The van der Waals surface area contributed by atoms with Crippen molar-refractivity contribution in [3.63, 3.8) is 0 Å². The van der Waals surface area contributed by atoms with Gasteiger partial charge in [-0.3, -0.25) is 4.90 Å². The lowest BCUT2D eigenvalue weighted by Gasteiger charge is -2.17. The molecule has 0 aromatic carbocycles. The quantitative estimate of drug-likeness (QED) is 0.870. The first-order valence-corrected chi connectivity index (χ1v) is 6.93. The average molecular weight is 251 g/mol. The Hall–Kier alpha value is -0.870. The van der Waals surface area contributed by atoms with Gasteiger partial charge in [0.1, 0.15) is 5.76 Å². The monoisotopic (exact) mass is 251 g/mol. The van der Waals surface area contributed by atoms with E-state index in [0.717, 1.165) is 30.5 Å². The minimum absolute atomic E-state index is 0.585. The second-order valence-corrected chi connectivity index (χ2v) is 5.76. The van der Waals surface area contributed by atoms with Crippen molar-refractivity contribution in [2.24, 2.45) is 5.92 Å². The fraction of sp³-hybridized carbons (Fsp3) is 0.786. The van der Waals surface area contributed by atoms with E-state index in [9.17, 15) is 0 Å². The van der Waals surface area contributed by atoms with Gasteiger partial charge in [0, 0.05) is 24.7 Å². The SMILES string of the molecule is Cc1noc(C)c1CN1CCC(CNC(C)C)C1. The molecule has 0 spiro atoms. The first-order valence-electron chi connectivity index (χ1n) is 6.93. The minimum Gasteiger partial charge on any atom is -0.361 e. The van der Waals surface area contributed by atoms with Crippen molar-refractivity contribution in [2.45, 2.75) is 46.7 Å². The molecule has 1 aromatic heterocycles. The number of nitrogens with one attached hydrogen (secondary N) is 1. The van der Waals surface area contributed by atoms with Gasteiger partial charge < -0.3 is 9.84 Å². The average Bonchev–Trinajstić information content (AvgIpc) is 2.88. The molecular weight excluding hydrogens is 226 g/mol. The van der Waals surface area contributed by atoms with Crippen LogP contribution in [0.25, 0.3) is 0 Å². The summed E-state index contributed by atoms with van der Waals surface area (Å²) in [4.78, 5) is 2.51. The second-order valence-electron chi connectivity index (χ2n) is 5.76. The first kappa shape index (κ1) is 13.6. The molecule has 0 aliphatic carbocycles. The third-order valence-electron chi connectivity index (χ3n) is 3.75. The number of aryl methyl sites for hydroxylation is 2. The maximum absolute atomic E-state index is 5.22. The van der Waals surface area contributed by atoms with Crippen LogP contribution in [-0.4, -0.2) is 35.7 Å². The van der Waals surface area contributed by atoms with Crippen LogP contribution in [0.15, 0.2) is 4.52 Å². The smallest absolute Gasteiger partial charge is 0.138 e. The van der Waals surface area contributed by atoms with Gasteiger partial charge in [0.2, 0.25) is 0 Å². The van der Waals surface area contributed by atoms with Gasteiger partial charge in [-0.15, -0.1) is 0 Å². The lowest BCUT2D eigenvalue weighted by atomic mass is 10.1. The van der Waals surface area contributed by atoms with E-state index in [0.29, 0.717) is 6.04 Å². The highest BCUT2D eigenvalue weighted by Gasteiger charge is 2.24. The summed E-state index contributed by atoms with van der Waals surface area (Å²) < 4.78 is 5.22. The molecule has 1 unspecified atom stereocenters. The van der Waals surface area contributed by atoms with Gasteiger partial charge in [-0.25, -0.2) is 0 Å². The number of nitrogens with zero attached hydrogens (tertiary/aromatic N) is 2. The van der Waals surface area contributed by atoms with Crippen molar-refractivity contribution < 1.29 is 4.52 Å². The van der Waals surface area contributed by atoms with Crippen LogP contribution in [0.1, 0.15) is 37.3 Å². The summed E-state index contributed by atoms with van der Waals surface area (Å²) in [6, 6.07) is 0.585. The molecule has 2 heterocycles. The zero-order valence-electron chi connectivity index (χ0n) is 12.0. The summed E-state index contributed by atoms with van der Waals surface area (Å²) in [7, 11) is 0. The summed E-state index contributed by atoms with van der Waals surface area (Å²) in [5, 5.41) is 7.55. The van der Waals surface area contributed by atoms with Crippen LogP contribution in [0.3, 0.4) is 0 Å². The summed E-state index contributed by atoms with van der Waals surface area (Å²) in [6.07, 6.45) is 1.29. The largest absolute Gasteiger partial charge is 0.361 e. The summed E-state index contributed by atoms with van der Waals surface area (Å²) in [5.74, 6) is 1.75. The van der Waals surface area contributed by atoms with Crippen LogP contribution < -0.4 is 5.32 Å². The maximum Gasteiger partial charge on any atom is 0.138 e. The van der Waals surface area contributed by atoms with Crippen molar-refractivity contribution in [3.05, 3.63) is 17.0 Å². The Bertz CT molecular complexity index is 367. The standard InChI is InChI=1S/C14H25N3O/c1-10(2)15-7-13-5-6-17(8-13)9-14-11(3)16-18-12(14)4/h10,13,15H,5-9H2,1-4H3. The van der Waals surface area contributed by atoms with Crippen molar-refractivity contribution in [3.8, 4) is 0 Å². The molecule has 4 nitrogen and oxygen atoms in total.